The minimum Gasteiger partial charge on any atom is -0.383 e. The van der Waals surface area contributed by atoms with Crippen molar-refractivity contribution in [3.8, 4) is 0 Å². The number of halogens is 3. The Hall–Kier alpha value is -2.93. The van der Waals surface area contributed by atoms with Crippen LogP contribution in [0.3, 0.4) is 0 Å². The molecule has 2 N–H and O–H groups in total. The van der Waals surface area contributed by atoms with E-state index in [1.54, 1.807) is 17.9 Å². The molecule has 0 atom stereocenters. The van der Waals surface area contributed by atoms with E-state index in [1.807, 2.05) is 4.90 Å². The third-order valence-corrected chi connectivity index (χ3v) is 6.86. The number of nitrogens with zero attached hydrogens (tertiary/aromatic N) is 6. The summed E-state index contributed by atoms with van der Waals surface area (Å²) in [7, 11) is -2.18. The summed E-state index contributed by atoms with van der Waals surface area (Å²) in [6.45, 7) is 0.886. The first-order chi connectivity index (χ1) is 14.1. The lowest BCUT2D eigenvalue weighted by Gasteiger charge is -2.34. The fraction of sp³-hybridized carbons (Fsp3) is 0.353. The quantitative estimate of drug-likeness (QED) is 0.655. The summed E-state index contributed by atoms with van der Waals surface area (Å²) >= 11 is 0. The number of rotatable bonds is 3. The molecule has 1 fully saturated rings. The van der Waals surface area contributed by atoms with Crippen LogP contribution in [-0.2, 0) is 23.2 Å². The molecule has 3 heterocycles. The Kier molecular flexibility index (Phi) is 4.81. The maximum Gasteiger partial charge on any atom is 0.416 e. The van der Waals surface area contributed by atoms with Gasteiger partial charge in [0.1, 0.15) is 5.82 Å². The number of hydrogen-bond acceptors (Lipinski definition) is 7. The summed E-state index contributed by atoms with van der Waals surface area (Å²) in [5.41, 5.74) is 5.65. The van der Waals surface area contributed by atoms with E-state index in [0.717, 1.165) is 24.3 Å². The monoisotopic (exact) mass is 441 g/mol. The van der Waals surface area contributed by atoms with Crippen LogP contribution in [0.2, 0.25) is 0 Å². The fourth-order valence-corrected chi connectivity index (χ4v) is 4.69. The van der Waals surface area contributed by atoms with Gasteiger partial charge in [-0.15, -0.1) is 0 Å². The maximum absolute atomic E-state index is 12.8. The number of anilines is 2. The van der Waals surface area contributed by atoms with Crippen molar-refractivity contribution in [2.45, 2.75) is 11.1 Å². The number of aryl methyl sites for hydroxylation is 1. The first-order valence-corrected chi connectivity index (χ1v) is 10.4. The van der Waals surface area contributed by atoms with E-state index < -0.39 is 21.8 Å². The molecule has 1 aliphatic heterocycles. The Morgan fingerprint density at radius 3 is 2.27 bits per heavy atom. The van der Waals surface area contributed by atoms with E-state index in [9.17, 15) is 21.6 Å². The van der Waals surface area contributed by atoms with Crippen molar-refractivity contribution < 1.29 is 21.6 Å². The molecule has 0 aliphatic carbocycles. The van der Waals surface area contributed by atoms with Gasteiger partial charge < -0.3 is 10.6 Å². The van der Waals surface area contributed by atoms with Gasteiger partial charge in [-0.05, 0) is 24.3 Å². The molecule has 0 bridgehead atoms. The third kappa shape index (κ3) is 3.54. The van der Waals surface area contributed by atoms with Gasteiger partial charge in [0.25, 0.3) is 0 Å². The Labute approximate surface area is 170 Å². The van der Waals surface area contributed by atoms with Crippen molar-refractivity contribution in [3.63, 3.8) is 0 Å². The van der Waals surface area contributed by atoms with Crippen molar-refractivity contribution in [1.29, 1.82) is 0 Å². The molecular weight excluding hydrogens is 423 g/mol. The molecule has 0 saturated carbocycles. The van der Waals surface area contributed by atoms with Crippen LogP contribution in [0.1, 0.15) is 5.56 Å². The van der Waals surface area contributed by atoms with Gasteiger partial charge in [-0.2, -0.15) is 32.5 Å². The highest BCUT2D eigenvalue weighted by Crippen LogP contribution is 2.30. The number of benzene rings is 1. The second-order valence-corrected chi connectivity index (χ2v) is 8.77. The summed E-state index contributed by atoms with van der Waals surface area (Å²) in [6, 6.07) is 3.49. The van der Waals surface area contributed by atoms with Crippen LogP contribution in [0.4, 0.5) is 24.9 Å². The molecule has 160 valence electrons. The van der Waals surface area contributed by atoms with Crippen molar-refractivity contribution in [3.05, 3.63) is 36.0 Å². The van der Waals surface area contributed by atoms with E-state index in [0.29, 0.717) is 30.1 Å². The van der Waals surface area contributed by atoms with Crippen molar-refractivity contribution in [1.82, 2.24) is 24.1 Å². The SMILES string of the molecule is Cn1ncc2c(N)nc(N3CCN(S(=O)(=O)c4ccc(C(F)(F)F)cc4)CC3)nc21. The van der Waals surface area contributed by atoms with Gasteiger partial charge in [0.05, 0.1) is 22.0 Å². The third-order valence-electron chi connectivity index (χ3n) is 4.95. The highest BCUT2D eigenvalue weighted by atomic mass is 32.2. The normalized spacial score (nSPS) is 16.3. The Bertz CT molecular complexity index is 1180. The van der Waals surface area contributed by atoms with Crippen LogP contribution in [0.15, 0.2) is 35.4 Å². The van der Waals surface area contributed by atoms with Crippen LogP contribution in [0, 0.1) is 0 Å². The first-order valence-electron chi connectivity index (χ1n) is 8.95. The predicted octanol–water partition coefficient (Wildman–Crippen LogP) is 1.48. The second-order valence-electron chi connectivity index (χ2n) is 6.83. The zero-order chi connectivity index (χ0) is 21.7. The Morgan fingerprint density at radius 1 is 1.03 bits per heavy atom. The molecular formula is C17H18F3N7O2S. The molecule has 0 radical (unpaired) electrons. The molecule has 13 heteroatoms. The lowest BCUT2D eigenvalue weighted by Crippen LogP contribution is -2.49. The van der Waals surface area contributed by atoms with Crippen LogP contribution in [0.5, 0.6) is 0 Å². The van der Waals surface area contributed by atoms with Gasteiger partial charge in [0.15, 0.2) is 5.65 Å². The topological polar surface area (TPSA) is 110 Å². The zero-order valence-electron chi connectivity index (χ0n) is 15.8. The molecule has 0 spiro atoms. The van der Waals surface area contributed by atoms with Gasteiger partial charge >= 0.3 is 6.18 Å². The number of hydrogen-bond donors (Lipinski definition) is 1. The Balaban J connectivity index is 1.51. The largest absolute Gasteiger partial charge is 0.416 e. The van der Waals surface area contributed by atoms with Gasteiger partial charge in [-0.1, -0.05) is 0 Å². The van der Waals surface area contributed by atoms with Crippen LogP contribution in [0.25, 0.3) is 11.0 Å². The first kappa shape index (κ1) is 20.3. The summed E-state index contributed by atoms with van der Waals surface area (Å²) in [4.78, 5) is 10.4. The van der Waals surface area contributed by atoms with E-state index in [2.05, 4.69) is 15.1 Å². The number of fused-ring (bicyclic) bond motifs is 1. The van der Waals surface area contributed by atoms with Gasteiger partial charge in [0.2, 0.25) is 16.0 Å². The highest BCUT2D eigenvalue weighted by molar-refractivity contribution is 7.89. The smallest absolute Gasteiger partial charge is 0.383 e. The molecule has 0 amide bonds. The molecule has 1 saturated heterocycles. The summed E-state index contributed by atoms with van der Waals surface area (Å²) in [5.74, 6) is 0.651. The molecule has 4 rings (SSSR count). The van der Waals surface area contributed by atoms with Gasteiger partial charge in [0, 0.05) is 33.2 Å². The molecule has 1 aliphatic rings. The van der Waals surface area contributed by atoms with Gasteiger partial charge in [-0.25, -0.2) is 8.42 Å². The lowest BCUT2D eigenvalue weighted by atomic mass is 10.2. The van der Waals surface area contributed by atoms with Crippen LogP contribution >= 0.6 is 0 Å². The van der Waals surface area contributed by atoms with E-state index in [-0.39, 0.29) is 23.8 Å². The minimum atomic E-state index is -4.52. The molecule has 2 aromatic heterocycles. The van der Waals surface area contributed by atoms with Gasteiger partial charge in [-0.3, -0.25) is 4.68 Å². The van der Waals surface area contributed by atoms with E-state index >= 15 is 0 Å². The van der Waals surface area contributed by atoms with E-state index in [4.69, 9.17) is 5.73 Å². The average molecular weight is 441 g/mol. The number of sulfonamides is 1. The van der Waals surface area contributed by atoms with Crippen LogP contribution in [-0.4, -0.2) is 58.7 Å². The molecule has 3 aromatic rings. The maximum atomic E-state index is 12.8. The van der Waals surface area contributed by atoms with Crippen molar-refractivity contribution in [2.75, 3.05) is 36.8 Å². The average Bonchev–Trinajstić information content (AvgIpc) is 3.09. The summed E-state index contributed by atoms with van der Waals surface area (Å²) in [5, 5.41) is 4.73. The number of piperazine rings is 1. The van der Waals surface area contributed by atoms with Crippen LogP contribution < -0.4 is 10.6 Å². The standard InChI is InChI=1S/C17H18F3N7O2S/c1-25-15-13(10-22-25)14(21)23-16(24-15)26-6-8-27(9-7-26)30(28,29)12-4-2-11(3-5-12)17(18,19)20/h2-5,10H,6-9H2,1H3,(H2,21,23,24). The molecule has 9 nitrogen and oxygen atoms in total. The van der Waals surface area contributed by atoms with Crippen molar-refractivity contribution >= 4 is 32.8 Å². The summed E-state index contributed by atoms with van der Waals surface area (Å²) in [6.07, 6.45) is -2.95. The summed E-state index contributed by atoms with van der Waals surface area (Å²) < 4.78 is 66.5. The Morgan fingerprint density at radius 2 is 1.67 bits per heavy atom. The molecule has 1 aromatic carbocycles. The zero-order valence-corrected chi connectivity index (χ0v) is 16.7. The minimum absolute atomic E-state index is 0.135. The second kappa shape index (κ2) is 7.09. The lowest BCUT2D eigenvalue weighted by molar-refractivity contribution is -0.137. The molecule has 30 heavy (non-hydrogen) atoms. The number of aromatic nitrogens is 4. The van der Waals surface area contributed by atoms with E-state index in [1.165, 1.54) is 4.31 Å². The number of nitrogens with two attached hydrogens (primary N) is 1. The number of alkyl halides is 3. The highest BCUT2D eigenvalue weighted by Gasteiger charge is 2.33. The van der Waals surface area contributed by atoms with Crippen molar-refractivity contribution in [2.24, 2.45) is 7.05 Å². The molecule has 0 unspecified atom stereocenters. The number of nitrogen functional groups attached to an aromatic ring is 1. The predicted molar refractivity (Wildman–Crippen MR) is 103 cm³/mol. The fourth-order valence-electron chi connectivity index (χ4n) is 3.27.